The summed E-state index contributed by atoms with van der Waals surface area (Å²) in [5.74, 6) is 0. The summed E-state index contributed by atoms with van der Waals surface area (Å²) >= 11 is 0. The van der Waals surface area contributed by atoms with Crippen LogP contribution < -0.4 is 0 Å². The van der Waals surface area contributed by atoms with Gasteiger partial charge in [0.05, 0.1) is 82.9 Å². The maximum atomic E-state index is 9.24. The third kappa shape index (κ3) is 22.7. The fourth-order valence-electron chi connectivity index (χ4n) is 2.61. The minimum absolute atomic E-state index is 0.0175. The van der Waals surface area contributed by atoms with Gasteiger partial charge < -0.3 is 33.5 Å². The lowest BCUT2D eigenvalue weighted by Crippen LogP contribution is -2.29. The number of allylic oxidation sites excluding steroid dienone is 2. The highest BCUT2D eigenvalue weighted by Crippen LogP contribution is 2.04. The summed E-state index contributed by atoms with van der Waals surface area (Å²) in [5, 5.41) is 9.24. The molecule has 0 bridgehead atoms. The average molecular weight is 475 g/mol. The Labute approximate surface area is 202 Å². The third-order valence-electron chi connectivity index (χ3n) is 4.60. The topological polar surface area (TPSA) is 75.6 Å². The molecule has 6 unspecified atom stereocenters. The fraction of sp³-hybridized carbons (Fsp3) is 0.846. The Morgan fingerprint density at radius 1 is 0.606 bits per heavy atom. The van der Waals surface area contributed by atoms with Gasteiger partial charge in [-0.3, -0.25) is 0 Å². The molecule has 33 heavy (non-hydrogen) atoms. The molecule has 0 heterocycles. The van der Waals surface area contributed by atoms with Crippen LogP contribution in [0.1, 0.15) is 60.8 Å². The number of unbranched alkanes of at least 4 members (excludes halogenated alkanes) is 2. The Hall–Kier alpha value is -0.800. The Morgan fingerprint density at radius 2 is 1.03 bits per heavy atom. The Morgan fingerprint density at radius 3 is 1.45 bits per heavy atom. The molecule has 0 aromatic heterocycles. The average Bonchev–Trinajstić information content (AvgIpc) is 2.78. The molecule has 7 nitrogen and oxygen atoms in total. The number of hydrogen-bond donors (Lipinski definition) is 1. The van der Waals surface area contributed by atoms with Gasteiger partial charge in [0.15, 0.2) is 0 Å². The standard InChI is InChI=1S/C26H50O7/c1-8-9-10-11-12-13-14-28-16-22(3)30-18-24(5)32-20-26(7)33-19-25(6)31-17-23(4)29-15-21(2)27/h8,12-13,21-27H,1,9-11,14-20H2,2-7H3. The van der Waals surface area contributed by atoms with Crippen LogP contribution in [0.3, 0.4) is 0 Å². The second-order valence-electron chi connectivity index (χ2n) is 8.80. The van der Waals surface area contributed by atoms with E-state index in [1.54, 1.807) is 6.92 Å². The van der Waals surface area contributed by atoms with E-state index in [1.165, 1.54) is 0 Å². The molecule has 196 valence electrons. The van der Waals surface area contributed by atoms with Gasteiger partial charge in [-0.2, -0.15) is 0 Å². The summed E-state index contributed by atoms with van der Waals surface area (Å²) in [5.41, 5.74) is 0. The van der Waals surface area contributed by atoms with Crippen LogP contribution in [0, 0.1) is 0 Å². The minimum Gasteiger partial charge on any atom is -0.391 e. The van der Waals surface area contributed by atoms with E-state index in [0.29, 0.717) is 46.2 Å². The predicted molar refractivity (Wildman–Crippen MR) is 133 cm³/mol. The zero-order valence-electron chi connectivity index (χ0n) is 21.9. The maximum Gasteiger partial charge on any atom is 0.0781 e. The number of ether oxygens (including phenoxy) is 6. The lowest BCUT2D eigenvalue weighted by Gasteiger charge is -2.22. The van der Waals surface area contributed by atoms with Gasteiger partial charge in [0.25, 0.3) is 0 Å². The van der Waals surface area contributed by atoms with Gasteiger partial charge in [-0.05, 0) is 60.8 Å². The van der Waals surface area contributed by atoms with Crippen molar-refractivity contribution in [1.29, 1.82) is 0 Å². The number of aliphatic hydroxyl groups is 1. The third-order valence-corrected chi connectivity index (χ3v) is 4.60. The summed E-state index contributed by atoms with van der Waals surface area (Å²) in [6.45, 7) is 18.7. The molecular weight excluding hydrogens is 424 g/mol. The molecule has 0 aliphatic rings. The molecule has 7 heteroatoms. The van der Waals surface area contributed by atoms with Crippen molar-refractivity contribution in [2.75, 3.05) is 46.2 Å². The van der Waals surface area contributed by atoms with E-state index in [-0.39, 0.29) is 30.5 Å². The van der Waals surface area contributed by atoms with Crippen LogP contribution in [0.2, 0.25) is 0 Å². The second-order valence-corrected chi connectivity index (χ2v) is 8.80. The van der Waals surface area contributed by atoms with Gasteiger partial charge in [-0.15, -0.1) is 6.58 Å². The van der Waals surface area contributed by atoms with Crippen molar-refractivity contribution in [1.82, 2.24) is 0 Å². The van der Waals surface area contributed by atoms with Crippen molar-refractivity contribution in [3.05, 3.63) is 24.8 Å². The van der Waals surface area contributed by atoms with E-state index < -0.39 is 6.10 Å². The number of rotatable bonds is 23. The van der Waals surface area contributed by atoms with Crippen LogP contribution in [-0.2, 0) is 28.4 Å². The second kappa shape index (κ2) is 21.7. The SMILES string of the molecule is C=CCCCC=CCOCC(C)OCC(C)OCC(C)OCC(C)OCC(C)OCC(C)O. The van der Waals surface area contributed by atoms with Gasteiger partial charge >= 0.3 is 0 Å². The fourth-order valence-corrected chi connectivity index (χ4v) is 2.61. The van der Waals surface area contributed by atoms with Gasteiger partial charge in [0, 0.05) is 0 Å². The van der Waals surface area contributed by atoms with Crippen LogP contribution in [-0.4, -0.2) is 88.0 Å². The normalized spacial score (nSPS) is 17.5. The number of hydrogen-bond acceptors (Lipinski definition) is 7. The molecule has 0 aliphatic carbocycles. The van der Waals surface area contributed by atoms with Gasteiger partial charge in [-0.25, -0.2) is 0 Å². The van der Waals surface area contributed by atoms with Crippen molar-refractivity contribution in [3.63, 3.8) is 0 Å². The van der Waals surface area contributed by atoms with Crippen molar-refractivity contribution < 1.29 is 33.5 Å². The largest absolute Gasteiger partial charge is 0.391 e. The minimum atomic E-state index is -0.469. The highest BCUT2D eigenvalue weighted by Gasteiger charge is 2.13. The predicted octanol–water partition coefficient (Wildman–Crippen LogP) is 4.32. The van der Waals surface area contributed by atoms with Crippen LogP contribution in [0.15, 0.2) is 24.8 Å². The van der Waals surface area contributed by atoms with E-state index in [2.05, 4.69) is 18.7 Å². The van der Waals surface area contributed by atoms with Crippen molar-refractivity contribution >= 4 is 0 Å². The van der Waals surface area contributed by atoms with Gasteiger partial charge in [0.2, 0.25) is 0 Å². The van der Waals surface area contributed by atoms with Gasteiger partial charge in [-0.1, -0.05) is 18.2 Å². The van der Waals surface area contributed by atoms with E-state index in [9.17, 15) is 5.11 Å². The first-order chi connectivity index (χ1) is 15.7. The van der Waals surface area contributed by atoms with Crippen molar-refractivity contribution in [2.45, 2.75) is 97.4 Å². The summed E-state index contributed by atoms with van der Waals surface area (Å²) in [7, 11) is 0. The first-order valence-electron chi connectivity index (χ1n) is 12.3. The van der Waals surface area contributed by atoms with E-state index in [1.807, 2.05) is 40.7 Å². The molecule has 0 rings (SSSR count). The van der Waals surface area contributed by atoms with E-state index in [0.717, 1.165) is 19.3 Å². The Bertz CT molecular complexity index is 470. The highest BCUT2D eigenvalue weighted by atomic mass is 16.6. The molecule has 0 aliphatic heterocycles. The van der Waals surface area contributed by atoms with E-state index in [4.69, 9.17) is 28.4 Å². The molecule has 0 fully saturated rings. The highest BCUT2D eigenvalue weighted by molar-refractivity contribution is 4.82. The Balaban J connectivity index is 3.72. The molecule has 0 saturated carbocycles. The van der Waals surface area contributed by atoms with Crippen molar-refractivity contribution in [3.8, 4) is 0 Å². The molecule has 0 spiro atoms. The van der Waals surface area contributed by atoms with Gasteiger partial charge in [0.1, 0.15) is 0 Å². The molecule has 0 saturated heterocycles. The number of aliphatic hydroxyl groups excluding tert-OH is 1. The monoisotopic (exact) mass is 474 g/mol. The molecule has 0 radical (unpaired) electrons. The first kappa shape index (κ1) is 32.2. The summed E-state index contributed by atoms with van der Waals surface area (Å²) < 4.78 is 34.3. The summed E-state index contributed by atoms with van der Waals surface area (Å²) in [6.07, 6.45) is 8.76. The Kier molecular flexibility index (Phi) is 21.2. The summed E-state index contributed by atoms with van der Waals surface area (Å²) in [4.78, 5) is 0. The molecule has 6 atom stereocenters. The molecule has 1 N–H and O–H groups in total. The van der Waals surface area contributed by atoms with E-state index >= 15 is 0 Å². The van der Waals surface area contributed by atoms with Crippen molar-refractivity contribution in [2.24, 2.45) is 0 Å². The lowest BCUT2D eigenvalue weighted by atomic mass is 10.2. The molecule has 0 aromatic rings. The van der Waals surface area contributed by atoms with Crippen LogP contribution in [0.5, 0.6) is 0 Å². The molecular formula is C26H50O7. The molecule has 0 aromatic carbocycles. The first-order valence-corrected chi connectivity index (χ1v) is 12.3. The van der Waals surface area contributed by atoms with Crippen LogP contribution >= 0.6 is 0 Å². The lowest BCUT2D eigenvalue weighted by molar-refractivity contribution is -0.101. The quantitative estimate of drug-likeness (QED) is 0.175. The zero-order valence-corrected chi connectivity index (χ0v) is 21.9. The van der Waals surface area contributed by atoms with Crippen LogP contribution in [0.4, 0.5) is 0 Å². The summed E-state index contributed by atoms with van der Waals surface area (Å²) in [6, 6.07) is 0. The maximum absolute atomic E-state index is 9.24. The smallest absolute Gasteiger partial charge is 0.0781 e. The molecule has 0 amide bonds. The van der Waals surface area contributed by atoms with Crippen LogP contribution in [0.25, 0.3) is 0 Å². The zero-order chi connectivity index (χ0) is 24.9.